The summed E-state index contributed by atoms with van der Waals surface area (Å²) < 4.78 is 0. The maximum Gasteiger partial charge on any atom is 0.288 e. The first kappa shape index (κ1) is 15.3. The van der Waals surface area contributed by atoms with Gasteiger partial charge in [-0.25, -0.2) is 4.98 Å². The Morgan fingerprint density at radius 3 is 2.84 bits per heavy atom. The molecule has 0 radical (unpaired) electrons. The molecule has 1 aromatic heterocycles. The van der Waals surface area contributed by atoms with Gasteiger partial charge in [-0.15, -0.1) is 0 Å². The number of nitro groups is 1. The molecule has 7 nitrogen and oxygen atoms in total. The molecule has 0 aliphatic heterocycles. The SMILES string of the molecule is CNCC(C)CNC(=O)c1cc([N+](=O)[O-])cnc1Cl. The Labute approximate surface area is 115 Å². The standard InChI is InChI=1S/C11H15ClN4O3/c1-7(4-13-2)5-15-11(17)9-3-8(16(18)19)6-14-10(9)12/h3,6-7,13H,4-5H2,1-2H3,(H,15,17). The lowest BCUT2D eigenvalue weighted by Crippen LogP contribution is -2.32. The van der Waals surface area contributed by atoms with Crippen LogP contribution in [0.5, 0.6) is 0 Å². The normalized spacial score (nSPS) is 11.9. The van der Waals surface area contributed by atoms with Crippen molar-refractivity contribution in [3.05, 3.63) is 33.1 Å². The Bertz CT molecular complexity index is 481. The summed E-state index contributed by atoms with van der Waals surface area (Å²) in [6.45, 7) is 3.16. The van der Waals surface area contributed by atoms with E-state index in [-0.39, 0.29) is 22.3 Å². The second kappa shape index (κ2) is 7.01. The summed E-state index contributed by atoms with van der Waals surface area (Å²) in [6.07, 6.45) is 1.02. The lowest BCUT2D eigenvalue weighted by Gasteiger charge is -2.12. The van der Waals surface area contributed by atoms with Crippen LogP contribution in [0, 0.1) is 16.0 Å². The summed E-state index contributed by atoms with van der Waals surface area (Å²) in [5.74, 6) is -0.233. The van der Waals surface area contributed by atoms with Gasteiger partial charge in [0, 0.05) is 12.6 Å². The van der Waals surface area contributed by atoms with E-state index in [2.05, 4.69) is 15.6 Å². The lowest BCUT2D eigenvalue weighted by molar-refractivity contribution is -0.385. The number of carbonyl (C=O) groups excluding carboxylic acids is 1. The predicted molar refractivity (Wildman–Crippen MR) is 71.3 cm³/mol. The van der Waals surface area contributed by atoms with E-state index in [1.165, 1.54) is 0 Å². The largest absolute Gasteiger partial charge is 0.352 e. The number of hydrogen-bond acceptors (Lipinski definition) is 5. The molecule has 1 atom stereocenters. The van der Waals surface area contributed by atoms with Gasteiger partial charge in [0.25, 0.3) is 11.6 Å². The minimum Gasteiger partial charge on any atom is -0.352 e. The number of halogens is 1. The van der Waals surface area contributed by atoms with E-state index >= 15 is 0 Å². The van der Waals surface area contributed by atoms with Crippen molar-refractivity contribution < 1.29 is 9.72 Å². The van der Waals surface area contributed by atoms with Crippen LogP contribution in [0.2, 0.25) is 5.15 Å². The number of amides is 1. The molecule has 0 saturated heterocycles. The Hall–Kier alpha value is -1.73. The Morgan fingerprint density at radius 2 is 2.26 bits per heavy atom. The summed E-state index contributed by atoms with van der Waals surface area (Å²) in [6, 6.07) is 1.12. The number of aromatic nitrogens is 1. The van der Waals surface area contributed by atoms with Gasteiger partial charge in [0.15, 0.2) is 0 Å². The molecule has 0 aliphatic rings. The molecule has 1 aromatic rings. The molecule has 0 fully saturated rings. The summed E-state index contributed by atoms with van der Waals surface area (Å²) in [4.78, 5) is 25.5. The van der Waals surface area contributed by atoms with Gasteiger partial charge >= 0.3 is 0 Å². The highest BCUT2D eigenvalue weighted by molar-refractivity contribution is 6.32. The van der Waals surface area contributed by atoms with Crippen molar-refractivity contribution in [2.24, 2.45) is 5.92 Å². The lowest BCUT2D eigenvalue weighted by atomic mass is 10.1. The molecule has 19 heavy (non-hydrogen) atoms. The smallest absolute Gasteiger partial charge is 0.288 e. The molecule has 1 amide bonds. The summed E-state index contributed by atoms with van der Waals surface area (Å²) in [7, 11) is 1.82. The van der Waals surface area contributed by atoms with Crippen LogP contribution in [0.1, 0.15) is 17.3 Å². The molecule has 8 heteroatoms. The fraction of sp³-hybridized carbons (Fsp3) is 0.455. The molecule has 0 aliphatic carbocycles. The van der Waals surface area contributed by atoms with E-state index in [9.17, 15) is 14.9 Å². The molecule has 0 aromatic carbocycles. The molecule has 2 N–H and O–H groups in total. The highest BCUT2D eigenvalue weighted by Crippen LogP contribution is 2.18. The first-order valence-electron chi connectivity index (χ1n) is 5.68. The van der Waals surface area contributed by atoms with Crippen LogP contribution in [0.25, 0.3) is 0 Å². The second-order valence-corrected chi connectivity index (χ2v) is 4.52. The first-order valence-corrected chi connectivity index (χ1v) is 6.06. The van der Waals surface area contributed by atoms with E-state index in [0.717, 1.165) is 18.8 Å². The molecule has 0 bridgehead atoms. The molecule has 1 heterocycles. The first-order chi connectivity index (χ1) is 8.95. The van der Waals surface area contributed by atoms with Gasteiger partial charge in [0.2, 0.25) is 0 Å². The van der Waals surface area contributed by atoms with Crippen LogP contribution in [-0.4, -0.2) is 36.0 Å². The average molecular weight is 287 g/mol. The zero-order valence-corrected chi connectivity index (χ0v) is 11.4. The maximum absolute atomic E-state index is 11.9. The number of nitrogens with one attached hydrogen (secondary N) is 2. The van der Waals surface area contributed by atoms with Gasteiger partial charge in [-0.2, -0.15) is 0 Å². The van der Waals surface area contributed by atoms with Crippen molar-refractivity contribution in [1.82, 2.24) is 15.6 Å². The van der Waals surface area contributed by atoms with Crippen LogP contribution in [0.15, 0.2) is 12.3 Å². The zero-order valence-electron chi connectivity index (χ0n) is 10.6. The number of carbonyl (C=O) groups is 1. The van der Waals surface area contributed by atoms with Crippen molar-refractivity contribution in [3.8, 4) is 0 Å². The van der Waals surface area contributed by atoms with Gasteiger partial charge in [0.1, 0.15) is 11.3 Å². The highest BCUT2D eigenvalue weighted by Gasteiger charge is 2.17. The molecule has 1 rings (SSSR count). The third-order valence-electron chi connectivity index (χ3n) is 2.44. The van der Waals surface area contributed by atoms with Crippen LogP contribution in [0.4, 0.5) is 5.69 Å². The fourth-order valence-corrected chi connectivity index (χ4v) is 1.67. The van der Waals surface area contributed by atoms with Gasteiger partial charge in [-0.3, -0.25) is 14.9 Å². The van der Waals surface area contributed by atoms with Crippen LogP contribution in [-0.2, 0) is 0 Å². The molecule has 1 unspecified atom stereocenters. The van der Waals surface area contributed by atoms with Crippen molar-refractivity contribution in [1.29, 1.82) is 0 Å². The van der Waals surface area contributed by atoms with Crippen molar-refractivity contribution >= 4 is 23.2 Å². The van der Waals surface area contributed by atoms with Crippen molar-refractivity contribution in [2.45, 2.75) is 6.92 Å². The van der Waals surface area contributed by atoms with E-state index in [1.54, 1.807) is 0 Å². The summed E-state index contributed by atoms with van der Waals surface area (Å²) >= 11 is 5.77. The number of pyridine rings is 1. The van der Waals surface area contributed by atoms with E-state index in [4.69, 9.17) is 11.6 Å². The van der Waals surface area contributed by atoms with Gasteiger partial charge in [0.05, 0.1) is 10.5 Å². The zero-order chi connectivity index (χ0) is 14.4. The maximum atomic E-state index is 11.9. The van der Waals surface area contributed by atoms with Crippen LogP contribution in [0.3, 0.4) is 0 Å². The second-order valence-electron chi connectivity index (χ2n) is 4.16. The minimum atomic E-state index is -0.621. The number of hydrogen-bond donors (Lipinski definition) is 2. The van der Waals surface area contributed by atoms with Crippen LogP contribution >= 0.6 is 11.6 Å². The topological polar surface area (TPSA) is 97.2 Å². The van der Waals surface area contributed by atoms with E-state index < -0.39 is 10.8 Å². The van der Waals surface area contributed by atoms with Gasteiger partial charge < -0.3 is 10.6 Å². The minimum absolute atomic E-state index is 0.00697. The monoisotopic (exact) mass is 286 g/mol. The summed E-state index contributed by atoms with van der Waals surface area (Å²) in [5.41, 5.74) is -0.259. The van der Waals surface area contributed by atoms with Gasteiger partial charge in [-0.05, 0) is 19.5 Å². The predicted octanol–water partition coefficient (Wildman–Crippen LogP) is 1.23. The average Bonchev–Trinajstić information content (AvgIpc) is 2.36. The van der Waals surface area contributed by atoms with E-state index in [1.807, 2.05) is 14.0 Å². The Kier molecular flexibility index (Phi) is 5.65. The number of rotatable bonds is 6. The van der Waals surface area contributed by atoms with Gasteiger partial charge in [-0.1, -0.05) is 18.5 Å². The third kappa shape index (κ3) is 4.46. The molecule has 104 valence electrons. The molecular weight excluding hydrogens is 272 g/mol. The van der Waals surface area contributed by atoms with E-state index in [0.29, 0.717) is 6.54 Å². The third-order valence-corrected chi connectivity index (χ3v) is 2.74. The van der Waals surface area contributed by atoms with Crippen molar-refractivity contribution in [2.75, 3.05) is 20.1 Å². The van der Waals surface area contributed by atoms with Crippen molar-refractivity contribution in [3.63, 3.8) is 0 Å². The fourth-order valence-electron chi connectivity index (χ4n) is 1.48. The molecular formula is C11H15ClN4O3. The quantitative estimate of drug-likeness (QED) is 0.466. The molecule has 0 spiro atoms. The highest BCUT2D eigenvalue weighted by atomic mass is 35.5. The Morgan fingerprint density at radius 1 is 1.58 bits per heavy atom. The Balaban J connectivity index is 2.76. The van der Waals surface area contributed by atoms with Crippen LogP contribution < -0.4 is 10.6 Å². The number of nitrogens with zero attached hydrogens (tertiary/aromatic N) is 2. The summed E-state index contributed by atoms with van der Waals surface area (Å²) in [5, 5.41) is 16.2. The molecule has 0 saturated carbocycles.